The van der Waals surface area contributed by atoms with Crippen molar-refractivity contribution >= 4 is 23.3 Å². The van der Waals surface area contributed by atoms with E-state index in [1.807, 2.05) is 6.07 Å². The molecule has 0 bridgehead atoms. The highest BCUT2D eigenvalue weighted by Gasteiger charge is 2.31. The Morgan fingerprint density at radius 2 is 1.62 bits per heavy atom. The number of aliphatic imine (C=N–C) groups is 1. The molecule has 6 N–H and O–H groups in total. The average Bonchev–Trinajstić information content (AvgIpc) is 2.78. The van der Waals surface area contributed by atoms with Crippen LogP contribution in [0.2, 0.25) is 0 Å². The molecule has 0 fully saturated rings. The second-order valence-corrected chi connectivity index (χ2v) is 7.10. The number of hydrogen-bond acceptors (Lipinski definition) is 9. The van der Waals surface area contributed by atoms with Gasteiger partial charge >= 0.3 is 6.36 Å². The maximum atomic E-state index is 12.4. The number of nitrogens with two attached hydrogens (primary N) is 2. The van der Waals surface area contributed by atoms with Crippen molar-refractivity contribution in [2.75, 3.05) is 16.8 Å². The summed E-state index contributed by atoms with van der Waals surface area (Å²) in [7, 11) is 0. The maximum Gasteiger partial charge on any atom is 0.573 e. The van der Waals surface area contributed by atoms with E-state index in [1.54, 1.807) is 30.5 Å². The van der Waals surface area contributed by atoms with Crippen molar-refractivity contribution in [3.05, 3.63) is 65.2 Å². The largest absolute Gasteiger partial charge is 0.573 e. The summed E-state index contributed by atoms with van der Waals surface area (Å²) in [5, 5.41) is 23.6. The minimum atomic E-state index is -4.76. The van der Waals surface area contributed by atoms with E-state index < -0.39 is 12.4 Å². The summed E-state index contributed by atoms with van der Waals surface area (Å²) in [6.07, 6.45) is -2.99. The van der Waals surface area contributed by atoms with Crippen LogP contribution in [0.15, 0.2) is 53.5 Å². The molecule has 9 nitrogen and oxygen atoms in total. The lowest BCUT2D eigenvalue weighted by atomic mass is 9.93. The van der Waals surface area contributed by atoms with Crippen molar-refractivity contribution < 1.29 is 17.9 Å². The summed E-state index contributed by atoms with van der Waals surface area (Å²) in [6.45, 7) is 0. The van der Waals surface area contributed by atoms with Gasteiger partial charge in [-0.2, -0.15) is 10.5 Å². The van der Waals surface area contributed by atoms with Crippen LogP contribution in [0.25, 0.3) is 11.1 Å². The van der Waals surface area contributed by atoms with Crippen LogP contribution in [0.5, 0.6) is 5.75 Å². The Kier molecular flexibility index (Phi) is 5.57. The van der Waals surface area contributed by atoms with Crippen LogP contribution >= 0.6 is 0 Å². The zero-order valence-electron chi connectivity index (χ0n) is 17.2. The number of ether oxygens (including phenoxy) is 1. The van der Waals surface area contributed by atoms with Gasteiger partial charge in [0.1, 0.15) is 35.1 Å². The van der Waals surface area contributed by atoms with E-state index in [1.165, 1.54) is 24.3 Å². The summed E-state index contributed by atoms with van der Waals surface area (Å²) < 4.78 is 41.0. The third-order valence-corrected chi connectivity index (χ3v) is 5.01. The number of aromatic nitrogens is 1. The van der Waals surface area contributed by atoms with Gasteiger partial charge in [-0.1, -0.05) is 36.4 Å². The fraction of sp³-hybridized carbons (Fsp3) is 0.0909. The number of guanidine groups is 1. The molecule has 0 aliphatic carbocycles. The van der Waals surface area contributed by atoms with Crippen LogP contribution in [0.4, 0.5) is 30.5 Å². The molecule has 1 aliphatic rings. The van der Waals surface area contributed by atoms with Gasteiger partial charge in [-0.25, -0.2) is 9.98 Å². The second kappa shape index (κ2) is 8.52. The number of nitrogens with one attached hydrogen (secondary N) is 2. The highest BCUT2D eigenvalue weighted by atomic mass is 19.4. The standard InChI is InChI=1S/C22H15F3N8O/c23-22(24,25)34-14-7-5-12(6-8-14)11-1-3-13(4-2-11)18-16-17(28)15(9-26)19(29)32-20(16)33-21(31-18)30-10-27/h1-8,18H,(H6,28,29,30,31,32,33). The molecule has 2 heterocycles. The zero-order chi connectivity index (χ0) is 24.5. The fourth-order valence-electron chi connectivity index (χ4n) is 3.53. The number of halogens is 3. The lowest BCUT2D eigenvalue weighted by Crippen LogP contribution is -2.32. The molecular formula is C22H15F3N8O. The van der Waals surface area contributed by atoms with E-state index in [0.717, 1.165) is 5.56 Å². The van der Waals surface area contributed by atoms with E-state index in [2.05, 4.69) is 25.3 Å². The van der Waals surface area contributed by atoms with Gasteiger partial charge < -0.3 is 21.5 Å². The van der Waals surface area contributed by atoms with Gasteiger partial charge in [0.25, 0.3) is 0 Å². The molecule has 1 unspecified atom stereocenters. The molecule has 0 saturated heterocycles. The number of benzene rings is 2. The zero-order valence-corrected chi connectivity index (χ0v) is 17.2. The molecule has 12 heteroatoms. The van der Waals surface area contributed by atoms with Crippen molar-refractivity contribution in [1.82, 2.24) is 10.3 Å². The number of nitriles is 2. The minimum Gasteiger partial charge on any atom is -0.406 e. The van der Waals surface area contributed by atoms with Gasteiger partial charge in [-0.15, -0.1) is 13.2 Å². The lowest BCUT2D eigenvalue weighted by Gasteiger charge is -2.26. The smallest absolute Gasteiger partial charge is 0.406 e. The quantitative estimate of drug-likeness (QED) is 0.338. The molecule has 2 aromatic carbocycles. The Balaban J connectivity index is 1.70. The first-order chi connectivity index (χ1) is 16.2. The van der Waals surface area contributed by atoms with Crippen LogP contribution in [-0.4, -0.2) is 17.3 Å². The lowest BCUT2D eigenvalue weighted by molar-refractivity contribution is -0.274. The number of pyridine rings is 1. The summed E-state index contributed by atoms with van der Waals surface area (Å²) in [6, 6.07) is 13.7. The minimum absolute atomic E-state index is 0.0234. The Morgan fingerprint density at radius 1 is 1.00 bits per heavy atom. The maximum absolute atomic E-state index is 12.4. The van der Waals surface area contributed by atoms with Crippen molar-refractivity contribution in [1.29, 1.82) is 10.5 Å². The van der Waals surface area contributed by atoms with Crippen molar-refractivity contribution in [3.63, 3.8) is 0 Å². The van der Waals surface area contributed by atoms with E-state index >= 15 is 0 Å². The van der Waals surface area contributed by atoms with Gasteiger partial charge in [-0.05, 0) is 28.8 Å². The number of anilines is 3. The molecular weight excluding hydrogens is 449 g/mol. The molecule has 34 heavy (non-hydrogen) atoms. The highest BCUT2D eigenvalue weighted by Crippen LogP contribution is 2.40. The summed E-state index contributed by atoms with van der Waals surface area (Å²) in [5.41, 5.74) is 14.7. The first kappa shape index (κ1) is 22.2. The number of hydrogen-bond donors (Lipinski definition) is 4. The van der Waals surface area contributed by atoms with Gasteiger partial charge in [0, 0.05) is 5.56 Å². The molecule has 4 rings (SSSR count). The van der Waals surface area contributed by atoms with E-state index in [4.69, 9.17) is 16.7 Å². The molecule has 1 aromatic heterocycles. The Labute approximate surface area is 191 Å². The van der Waals surface area contributed by atoms with Crippen LogP contribution in [0.1, 0.15) is 22.7 Å². The number of nitrogens with zero attached hydrogens (tertiary/aromatic N) is 4. The van der Waals surface area contributed by atoms with E-state index in [0.29, 0.717) is 16.7 Å². The molecule has 170 valence electrons. The number of alkyl halides is 3. The SMILES string of the molecule is N#CNC1=NC(c2ccc(-c3ccc(OC(F)(F)F)cc3)cc2)c2c(nc(N)c(C#N)c2N)N1. The van der Waals surface area contributed by atoms with Crippen molar-refractivity contribution in [3.8, 4) is 29.1 Å². The van der Waals surface area contributed by atoms with Gasteiger partial charge in [-0.3, -0.25) is 5.32 Å². The van der Waals surface area contributed by atoms with Crippen molar-refractivity contribution in [2.45, 2.75) is 12.4 Å². The monoisotopic (exact) mass is 464 g/mol. The highest BCUT2D eigenvalue weighted by molar-refractivity contribution is 5.98. The fourth-order valence-corrected chi connectivity index (χ4v) is 3.53. The van der Waals surface area contributed by atoms with E-state index in [-0.39, 0.29) is 34.6 Å². The van der Waals surface area contributed by atoms with E-state index in [9.17, 15) is 18.4 Å². The van der Waals surface area contributed by atoms with Gasteiger partial charge in [0.2, 0.25) is 5.96 Å². The molecule has 0 radical (unpaired) electrons. The first-order valence-corrected chi connectivity index (χ1v) is 9.65. The Hall–Kier alpha value is -4.97. The molecule has 0 saturated carbocycles. The van der Waals surface area contributed by atoms with Crippen molar-refractivity contribution in [2.24, 2.45) is 4.99 Å². The summed E-state index contributed by atoms with van der Waals surface area (Å²) in [5.74, 6) is 0.00881. The number of fused-ring (bicyclic) bond motifs is 1. The normalized spacial score (nSPS) is 14.6. The predicted octanol–water partition coefficient (Wildman–Crippen LogP) is 3.62. The van der Waals surface area contributed by atoms with Crippen LogP contribution in [0.3, 0.4) is 0 Å². The van der Waals surface area contributed by atoms with Crippen LogP contribution < -0.4 is 26.8 Å². The van der Waals surface area contributed by atoms with Crippen LogP contribution in [0, 0.1) is 22.8 Å². The third kappa shape index (κ3) is 4.33. The molecule has 0 spiro atoms. The number of nitrogen functional groups attached to an aromatic ring is 2. The molecule has 1 atom stereocenters. The topological polar surface area (TPSA) is 158 Å². The van der Waals surface area contributed by atoms with Gasteiger partial charge in [0.05, 0.1) is 5.69 Å². The molecule has 0 amide bonds. The van der Waals surface area contributed by atoms with Crippen LogP contribution in [-0.2, 0) is 0 Å². The molecule has 1 aliphatic heterocycles. The Bertz CT molecular complexity index is 1350. The predicted molar refractivity (Wildman–Crippen MR) is 118 cm³/mol. The first-order valence-electron chi connectivity index (χ1n) is 9.65. The van der Waals surface area contributed by atoms with Gasteiger partial charge in [0.15, 0.2) is 6.19 Å². The summed E-state index contributed by atoms with van der Waals surface area (Å²) in [4.78, 5) is 8.67. The second-order valence-electron chi connectivity index (χ2n) is 7.10. The number of rotatable bonds is 3. The Morgan fingerprint density at radius 3 is 2.18 bits per heavy atom. The average molecular weight is 464 g/mol. The molecule has 3 aromatic rings. The third-order valence-electron chi connectivity index (χ3n) is 5.01. The summed E-state index contributed by atoms with van der Waals surface area (Å²) >= 11 is 0.